The van der Waals surface area contributed by atoms with Crippen LogP contribution >= 0.6 is 0 Å². The molecule has 0 saturated heterocycles. The van der Waals surface area contributed by atoms with E-state index < -0.39 is 11.4 Å². The van der Waals surface area contributed by atoms with Gasteiger partial charge in [0.25, 0.3) is 0 Å². The number of hydrogen-bond donors (Lipinski definition) is 2. The van der Waals surface area contributed by atoms with Crippen LogP contribution in [0, 0.1) is 12.3 Å². The van der Waals surface area contributed by atoms with Crippen molar-refractivity contribution in [2.45, 2.75) is 20.8 Å². The van der Waals surface area contributed by atoms with Crippen molar-refractivity contribution >= 4 is 11.7 Å². The zero-order valence-corrected chi connectivity index (χ0v) is 9.78. The van der Waals surface area contributed by atoms with Crippen LogP contribution in [0.2, 0.25) is 0 Å². The lowest BCUT2D eigenvalue weighted by Crippen LogP contribution is -2.30. The number of carboxylic acids is 1. The molecule has 1 rings (SSSR count). The van der Waals surface area contributed by atoms with Crippen molar-refractivity contribution in [3.63, 3.8) is 0 Å². The quantitative estimate of drug-likeness (QED) is 0.766. The molecule has 0 spiro atoms. The number of nitrogen functional groups attached to an aromatic ring is 1. The summed E-state index contributed by atoms with van der Waals surface area (Å²) in [5, 5.41) is 8.94. The fraction of sp³-hybridized carbons (Fsp3) is 0.417. The molecule has 4 heteroatoms. The van der Waals surface area contributed by atoms with Crippen molar-refractivity contribution in [1.82, 2.24) is 0 Å². The number of aliphatic carboxylic acids is 1. The normalized spacial score (nSPS) is 11.2. The van der Waals surface area contributed by atoms with E-state index in [1.54, 1.807) is 32.0 Å². The molecule has 0 saturated carbocycles. The molecule has 3 N–H and O–H groups in total. The summed E-state index contributed by atoms with van der Waals surface area (Å²) in [6, 6.07) is 5.35. The summed E-state index contributed by atoms with van der Waals surface area (Å²) in [4.78, 5) is 10.9. The minimum atomic E-state index is -0.906. The molecule has 0 fully saturated rings. The topological polar surface area (TPSA) is 72.5 Å². The van der Waals surface area contributed by atoms with E-state index in [9.17, 15) is 4.79 Å². The van der Waals surface area contributed by atoms with Crippen LogP contribution in [-0.4, -0.2) is 17.7 Å². The van der Waals surface area contributed by atoms with E-state index in [4.69, 9.17) is 15.6 Å². The third-order valence-corrected chi connectivity index (χ3v) is 2.49. The van der Waals surface area contributed by atoms with Crippen molar-refractivity contribution in [3.05, 3.63) is 23.8 Å². The number of nitrogens with two attached hydrogens (primary N) is 1. The number of anilines is 1. The molecule has 0 atom stereocenters. The Morgan fingerprint density at radius 2 is 2.12 bits per heavy atom. The molecule has 0 amide bonds. The molecule has 0 unspecified atom stereocenters. The molecule has 0 aliphatic heterocycles. The maximum absolute atomic E-state index is 10.9. The molecule has 1 aromatic rings. The van der Waals surface area contributed by atoms with E-state index in [0.29, 0.717) is 11.4 Å². The second-order valence-electron chi connectivity index (χ2n) is 4.45. The van der Waals surface area contributed by atoms with Crippen LogP contribution in [0.3, 0.4) is 0 Å². The fourth-order valence-electron chi connectivity index (χ4n) is 1.11. The minimum absolute atomic E-state index is 0.118. The highest BCUT2D eigenvalue weighted by Crippen LogP contribution is 2.25. The van der Waals surface area contributed by atoms with Crippen LogP contribution in [-0.2, 0) is 4.79 Å². The van der Waals surface area contributed by atoms with Gasteiger partial charge in [-0.25, -0.2) is 0 Å². The molecule has 1 aromatic carbocycles. The molecular formula is C12H17NO3. The Bertz CT molecular complexity index is 399. The molecule has 88 valence electrons. The van der Waals surface area contributed by atoms with Crippen LogP contribution < -0.4 is 10.5 Å². The number of rotatable bonds is 4. The van der Waals surface area contributed by atoms with Gasteiger partial charge >= 0.3 is 5.97 Å². The van der Waals surface area contributed by atoms with Gasteiger partial charge in [-0.1, -0.05) is 6.07 Å². The third-order valence-electron chi connectivity index (χ3n) is 2.49. The molecule has 0 radical (unpaired) electrons. The SMILES string of the molecule is Cc1c(N)cccc1OCC(C)(C)C(=O)O. The molecule has 0 aliphatic rings. The van der Waals surface area contributed by atoms with E-state index in [2.05, 4.69) is 0 Å². The molecule has 0 heterocycles. The zero-order valence-electron chi connectivity index (χ0n) is 9.78. The van der Waals surface area contributed by atoms with Gasteiger partial charge in [0, 0.05) is 11.3 Å². The lowest BCUT2D eigenvalue weighted by atomic mass is 9.95. The van der Waals surface area contributed by atoms with E-state index in [-0.39, 0.29) is 6.61 Å². The number of carbonyl (C=O) groups is 1. The number of carboxylic acid groups (broad SMARTS) is 1. The Labute approximate surface area is 95.0 Å². The smallest absolute Gasteiger partial charge is 0.312 e. The largest absolute Gasteiger partial charge is 0.492 e. The maximum atomic E-state index is 10.9. The van der Waals surface area contributed by atoms with Gasteiger partial charge in [0.2, 0.25) is 0 Å². The predicted molar refractivity (Wildman–Crippen MR) is 62.5 cm³/mol. The molecule has 0 aromatic heterocycles. The molecule has 0 bridgehead atoms. The monoisotopic (exact) mass is 223 g/mol. The summed E-state index contributed by atoms with van der Waals surface area (Å²) in [6.07, 6.45) is 0. The Morgan fingerprint density at radius 1 is 1.50 bits per heavy atom. The Hall–Kier alpha value is -1.71. The number of benzene rings is 1. The summed E-state index contributed by atoms with van der Waals surface area (Å²) >= 11 is 0. The summed E-state index contributed by atoms with van der Waals surface area (Å²) < 4.78 is 5.48. The van der Waals surface area contributed by atoms with Gasteiger partial charge in [-0.3, -0.25) is 4.79 Å². The average molecular weight is 223 g/mol. The molecular weight excluding hydrogens is 206 g/mol. The van der Waals surface area contributed by atoms with Gasteiger partial charge in [-0.05, 0) is 32.9 Å². The van der Waals surface area contributed by atoms with Gasteiger partial charge in [-0.2, -0.15) is 0 Å². The second kappa shape index (κ2) is 4.43. The van der Waals surface area contributed by atoms with E-state index >= 15 is 0 Å². The Balaban J connectivity index is 2.76. The zero-order chi connectivity index (χ0) is 12.3. The Kier molecular flexibility index (Phi) is 3.42. The maximum Gasteiger partial charge on any atom is 0.312 e. The molecule has 4 nitrogen and oxygen atoms in total. The van der Waals surface area contributed by atoms with Crippen molar-refractivity contribution in [2.24, 2.45) is 5.41 Å². The lowest BCUT2D eigenvalue weighted by molar-refractivity contribution is -0.148. The number of ether oxygens (including phenoxy) is 1. The minimum Gasteiger partial charge on any atom is -0.492 e. The molecule has 16 heavy (non-hydrogen) atoms. The highest BCUT2D eigenvalue weighted by atomic mass is 16.5. The summed E-state index contributed by atoms with van der Waals surface area (Å²) in [7, 11) is 0. The van der Waals surface area contributed by atoms with E-state index in [1.807, 2.05) is 6.92 Å². The number of hydrogen-bond acceptors (Lipinski definition) is 3. The second-order valence-corrected chi connectivity index (χ2v) is 4.45. The van der Waals surface area contributed by atoms with Crippen molar-refractivity contribution < 1.29 is 14.6 Å². The van der Waals surface area contributed by atoms with Gasteiger partial charge < -0.3 is 15.6 Å². The highest BCUT2D eigenvalue weighted by Gasteiger charge is 2.28. The highest BCUT2D eigenvalue weighted by molar-refractivity contribution is 5.73. The summed E-state index contributed by atoms with van der Waals surface area (Å²) in [6.45, 7) is 5.21. The lowest BCUT2D eigenvalue weighted by Gasteiger charge is -2.20. The van der Waals surface area contributed by atoms with Crippen molar-refractivity contribution in [3.8, 4) is 5.75 Å². The van der Waals surface area contributed by atoms with Crippen LogP contribution in [0.25, 0.3) is 0 Å². The van der Waals surface area contributed by atoms with Crippen LogP contribution in [0.4, 0.5) is 5.69 Å². The van der Waals surface area contributed by atoms with Crippen molar-refractivity contribution in [1.29, 1.82) is 0 Å². The van der Waals surface area contributed by atoms with Crippen LogP contribution in [0.15, 0.2) is 18.2 Å². The van der Waals surface area contributed by atoms with Gasteiger partial charge in [0.1, 0.15) is 12.4 Å². The predicted octanol–water partition coefficient (Wildman–Crippen LogP) is 2.07. The first kappa shape index (κ1) is 12.4. The van der Waals surface area contributed by atoms with E-state index in [1.165, 1.54) is 0 Å². The third kappa shape index (κ3) is 2.66. The standard InChI is InChI=1S/C12H17NO3/c1-8-9(13)5-4-6-10(8)16-7-12(2,3)11(14)15/h4-6H,7,13H2,1-3H3,(H,14,15). The first-order valence-electron chi connectivity index (χ1n) is 5.06. The fourth-order valence-corrected chi connectivity index (χ4v) is 1.11. The van der Waals surface area contributed by atoms with E-state index in [0.717, 1.165) is 5.56 Å². The summed E-state index contributed by atoms with van der Waals surface area (Å²) in [5.41, 5.74) is 6.30. The van der Waals surface area contributed by atoms with Crippen molar-refractivity contribution in [2.75, 3.05) is 12.3 Å². The van der Waals surface area contributed by atoms with Gasteiger partial charge in [0.05, 0.1) is 5.41 Å². The average Bonchev–Trinajstić information content (AvgIpc) is 2.20. The van der Waals surface area contributed by atoms with Gasteiger partial charge in [-0.15, -0.1) is 0 Å². The first-order chi connectivity index (χ1) is 7.34. The first-order valence-corrected chi connectivity index (χ1v) is 5.06. The molecule has 0 aliphatic carbocycles. The summed E-state index contributed by atoms with van der Waals surface area (Å²) in [5.74, 6) is -0.247. The Morgan fingerprint density at radius 3 is 2.69 bits per heavy atom. The van der Waals surface area contributed by atoms with Crippen LogP contribution in [0.1, 0.15) is 19.4 Å². The van der Waals surface area contributed by atoms with Crippen LogP contribution in [0.5, 0.6) is 5.75 Å². The van der Waals surface area contributed by atoms with Gasteiger partial charge in [0.15, 0.2) is 0 Å².